The van der Waals surface area contributed by atoms with Gasteiger partial charge in [-0.05, 0) is 42.7 Å². The SMILES string of the molecule is CSc1ccc(N2CC(C)CC(C)C2)c(C(=O)O)c1. The van der Waals surface area contributed by atoms with Crippen molar-refractivity contribution in [1.29, 1.82) is 0 Å². The van der Waals surface area contributed by atoms with Crippen molar-refractivity contribution in [1.82, 2.24) is 0 Å². The number of nitrogens with zero attached hydrogens (tertiary/aromatic N) is 1. The quantitative estimate of drug-likeness (QED) is 0.858. The van der Waals surface area contributed by atoms with Gasteiger partial charge in [0.25, 0.3) is 0 Å². The van der Waals surface area contributed by atoms with E-state index in [1.807, 2.05) is 18.4 Å². The summed E-state index contributed by atoms with van der Waals surface area (Å²) in [6, 6.07) is 5.75. The van der Waals surface area contributed by atoms with Gasteiger partial charge in [0.2, 0.25) is 0 Å². The Labute approximate surface area is 119 Å². The van der Waals surface area contributed by atoms with Crippen molar-refractivity contribution in [2.45, 2.75) is 25.2 Å². The molecule has 2 rings (SSSR count). The van der Waals surface area contributed by atoms with Crippen LogP contribution in [0, 0.1) is 11.8 Å². The van der Waals surface area contributed by atoms with Crippen molar-refractivity contribution < 1.29 is 9.90 Å². The first-order chi connectivity index (χ1) is 9.01. The summed E-state index contributed by atoms with van der Waals surface area (Å²) in [6.45, 7) is 6.37. The number of benzene rings is 1. The Kier molecular flexibility index (Phi) is 4.40. The number of rotatable bonds is 3. The fraction of sp³-hybridized carbons (Fsp3) is 0.533. The number of carboxylic acids is 1. The van der Waals surface area contributed by atoms with Crippen LogP contribution < -0.4 is 4.90 Å². The van der Waals surface area contributed by atoms with E-state index in [0.29, 0.717) is 17.4 Å². The van der Waals surface area contributed by atoms with Crippen molar-refractivity contribution in [3.05, 3.63) is 23.8 Å². The summed E-state index contributed by atoms with van der Waals surface area (Å²) in [5.74, 6) is 0.396. The van der Waals surface area contributed by atoms with Crippen molar-refractivity contribution in [2.75, 3.05) is 24.2 Å². The molecule has 1 saturated heterocycles. The van der Waals surface area contributed by atoms with Gasteiger partial charge in [0.1, 0.15) is 0 Å². The maximum atomic E-state index is 11.5. The third-order valence-corrected chi connectivity index (χ3v) is 4.37. The molecule has 0 saturated carbocycles. The van der Waals surface area contributed by atoms with Crippen LogP contribution in [0.25, 0.3) is 0 Å². The number of hydrogen-bond donors (Lipinski definition) is 1. The first kappa shape index (κ1) is 14.3. The average molecular weight is 279 g/mol. The van der Waals surface area contributed by atoms with E-state index >= 15 is 0 Å². The molecule has 0 aliphatic carbocycles. The molecule has 3 nitrogen and oxygen atoms in total. The number of anilines is 1. The van der Waals surface area contributed by atoms with Crippen molar-refractivity contribution in [3.63, 3.8) is 0 Å². The summed E-state index contributed by atoms with van der Waals surface area (Å²) in [6.07, 6.45) is 3.19. The lowest BCUT2D eigenvalue weighted by molar-refractivity contribution is 0.0697. The van der Waals surface area contributed by atoms with Gasteiger partial charge in [-0.3, -0.25) is 0 Å². The molecule has 1 fully saturated rings. The van der Waals surface area contributed by atoms with E-state index in [9.17, 15) is 9.90 Å². The second-order valence-electron chi connectivity index (χ2n) is 5.54. The lowest BCUT2D eigenvalue weighted by Gasteiger charge is -2.37. The molecule has 1 aliphatic rings. The molecule has 2 unspecified atom stereocenters. The minimum Gasteiger partial charge on any atom is -0.478 e. The van der Waals surface area contributed by atoms with Crippen molar-refractivity contribution in [2.24, 2.45) is 11.8 Å². The molecule has 1 aromatic carbocycles. The Hall–Kier alpha value is -1.16. The topological polar surface area (TPSA) is 40.5 Å². The second-order valence-corrected chi connectivity index (χ2v) is 6.42. The van der Waals surface area contributed by atoms with Crippen LogP contribution in [-0.2, 0) is 0 Å². The lowest BCUT2D eigenvalue weighted by Crippen LogP contribution is -2.39. The van der Waals surface area contributed by atoms with Crippen LogP contribution in [0.15, 0.2) is 23.1 Å². The molecule has 0 amide bonds. The van der Waals surface area contributed by atoms with E-state index in [4.69, 9.17) is 0 Å². The zero-order valence-electron chi connectivity index (χ0n) is 11.7. The van der Waals surface area contributed by atoms with Crippen molar-refractivity contribution in [3.8, 4) is 0 Å². The Bertz CT molecular complexity index is 465. The molecule has 19 heavy (non-hydrogen) atoms. The standard InChI is InChI=1S/C15H21NO2S/c1-10-6-11(2)9-16(8-10)14-5-4-12(19-3)7-13(14)15(17)18/h4-5,7,10-11H,6,8-9H2,1-3H3,(H,17,18). The van der Waals surface area contributed by atoms with Gasteiger partial charge in [0, 0.05) is 18.0 Å². The van der Waals surface area contributed by atoms with E-state index in [2.05, 4.69) is 18.7 Å². The molecule has 2 atom stereocenters. The fourth-order valence-electron chi connectivity index (χ4n) is 2.95. The maximum Gasteiger partial charge on any atom is 0.337 e. The van der Waals surface area contributed by atoms with Gasteiger partial charge in [0.05, 0.1) is 11.3 Å². The van der Waals surface area contributed by atoms with E-state index in [-0.39, 0.29) is 0 Å². The zero-order chi connectivity index (χ0) is 14.0. The van der Waals surface area contributed by atoms with Gasteiger partial charge in [-0.2, -0.15) is 0 Å². The lowest BCUT2D eigenvalue weighted by atomic mass is 9.91. The zero-order valence-corrected chi connectivity index (χ0v) is 12.5. The number of carboxylic acid groups (broad SMARTS) is 1. The molecule has 4 heteroatoms. The first-order valence-electron chi connectivity index (χ1n) is 6.67. The van der Waals surface area contributed by atoms with Gasteiger partial charge in [-0.25, -0.2) is 4.79 Å². The monoisotopic (exact) mass is 279 g/mol. The van der Waals surface area contributed by atoms with Crippen molar-refractivity contribution >= 4 is 23.4 Å². The van der Waals surface area contributed by atoms with Gasteiger partial charge in [-0.1, -0.05) is 13.8 Å². The van der Waals surface area contributed by atoms with Gasteiger partial charge >= 0.3 is 5.97 Å². The Balaban J connectivity index is 2.35. The molecule has 1 aliphatic heterocycles. The highest BCUT2D eigenvalue weighted by molar-refractivity contribution is 7.98. The average Bonchev–Trinajstić information content (AvgIpc) is 2.36. The summed E-state index contributed by atoms with van der Waals surface area (Å²) in [5.41, 5.74) is 1.29. The molecule has 0 aromatic heterocycles. The molecule has 1 N–H and O–H groups in total. The summed E-state index contributed by atoms with van der Waals surface area (Å²) >= 11 is 1.57. The first-order valence-corrected chi connectivity index (χ1v) is 7.90. The van der Waals surface area contributed by atoms with E-state index < -0.39 is 5.97 Å². The van der Waals surface area contributed by atoms with Crippen LogP contribution in [0.1, 0.15) is 30.6 Å². The molecular weight excluding hydrogens is 258 g/mol. The minimum atomic E-state index is -0.836. The van der Waals surface area contributed by atoms with E-state index in [0.717, 1.165) is 23.7 Å². The summed E-state index contributed by atoms with van der Waals surface area (Å²) in [7, 11) is 0. The fourth-order valence-corrected chi connectivity index (χ4v) is 3.39. The number of aromatic carboxylic acids is 1. The molecule has 0 radical (unpaired) electrons. The smallest absolute Gasteiger partial charge is 0.337 e. The van der Waals surface area contributed by atoms with E-state index in [1.54, 1.807) is 17.8 Å². The number of carbonyl (C=O) groups is 1. The third-order valence-electron chi connectivity index (χ3n) is 3.64. The summed E-state index contributed by atoms with van der Waals surface area (Å²) in [5, 5.41) is 9.41. The predicted molar refractivity (Wildman–Crippen MR) is 80.3 cm³/mol. The number of thioether (sulfide) groups is 1. The highest BCUT2D eigenvalue weighted by Crippen LogP contribution is 2.31. The van der Waals surface area contributed by atoms with Crippen LogP contribution in [-0.4, -0.2) is 30.4 Å². The van der Waals surface area contributed by atoms with Gasteiger partial charge < -0.3 is 10.0 Å². The maximum absolute atomic E-state index is 11.5. The Morgan fingerprint density at radius 3 is 2.47 bits per heavy atom. The normalized spacial score (nSPS) is 23.4. The summed E-state index contributed by atoms with van der Waals surface area (Å²) < 4.78 is 0. The van der Waals surface area contributed by atoms with Crippen LogP contribution in [0.2, 0.25) is 0 Å². The highest BCUT2D eigenvalue weighted by Gasteiger charge is 2.25. The van der Waals surface area contributed by atoms with Gasteiger partial charge in [-0.15, -0.1) is 11.8 Å². The molecule has 0 bridgehead atoms. The molecule has 0 spiro atoms. The second kappa shape index (κ2) is 5.87. The molecule has 104 valence electrons. The summed E-state index contributed by atoms with van der Waals surface area (Å²) in [4.78, 5) is 14.7. The van der Waals surface area contributed by atoms with Crippen LogP contribution in [0.4, 0.5) is 5.69 Å². The largest absolute Gasteiger partial charge is 0.478 e. The van der Waals surface area contributed by atoms with Crippen LogP contribution in [0.3, 0.4) is 0 Å². The van der Waals surface area contributed by atoms with Crippen LogP contribution >= 0.6 is 11.8 Å². The number of hydrogen-bond acceptors (Lipinski definition) is 3. The van der Waals surface area contributed by atoms with Gasteiger partial charge in [0.15, 0.2) is 0 Å². The predicted octanol–water partition coefficient (Wildman–Crippen LogP) is 3.59. The number of piperidine rings is 1. The third kappa shape index (κ3) is 3.24. The minimum absolute atomic E-state index is 0.424. The molecule has 1 aromatic rings. The molecule has 1 heterocycles. The van der Waals surface area contributed by atoms with E-state index in [1.165, 1.54) is 6.42 Å². The Morgan fingerprint density at radius 2 is 1.95 bits per heavy atom. The highest BCUT2D eigenvalue weighted by atomic mass is 32.2. The Morgan fingerprint density at radius 1 is 1.32 bits per heavy atom. The van der Waals surface area contributed by atoms with Crippen LogP contribution in [0.5, 0.6) is 0 Å². The molecular formula is C15H21NO2S.